The van der Waals surface area contributed by atoms with Gasteiger partial charge in [0, 0.05) is 0 Å². The Morgan fingerprint density at radius 3 is 2.45 bits per heavy atom. The molecule has 0 unspecified atom stereocenters. The number of aliphatic carboxylic acids is 2. The fourth-order valence-corrected chi connectivity index (χ4v) is 1.64. The largest absolute Gasteiger partial charge is 0.480 e. The van der Waals surface area contributed by atoms with Gasteiger partial charge in [-0.1, -0.05) is 23.2 Å². The molecule has 1 aromatic carbocycles. The summed E-state index contributed by atoms with van der Waals surface area (Å²) in [6.07, 6.45) is 1.05. The fourth-order valence-electron chi connectivity index (χ4n) is 1.21. The number of carbonyl (C=O) groups is 2. The van der Waals surface area contributed by atoms with Crippen LogP contribution in [0.2, 0.25) is 10.0 Å². The van der Waals surface area contributed by atoms with E-state index in [1.165, 1.54) is 18.2 Å². The molecule has 0 aliphatic heterocycles. The number of halogens is 2. The number of hydrogen-bond acceptors (Lipinski definition) is 4. The van der Waals surface area contributed by atoms with Gasteiger partial charge in [0.1, 0.15) is 22.4 Å². The van der Waals surface area contributed by atoms with Crippen LogP contribution < -0.4 is 4.74 Å². The van der Waals surface area contributed by atoms with Crippen molar-refractivity contribution in [1.82, 2.24) is 0 Å². The number of benzene rings is 1. The summed E-state index contributed by atoms with van der Waals surface area (Å²) in [6.45, 7) is -0.593. The van der Waals surface area contributed by atoms with Gasteiger partial charge in [0.2, 0.25) is 0 Å². The molecule has 20 heavy (non-hydrogen) atoms. The lowest BCUT2D eigenvalue weighted by Crippen LogP contribution is -2.09. The predicted molar refractivity (Wildman–Crippen MR) is 70.8 cm³/mol. The molecular weight excluding hydrogens is 309 g/mol. The van der Waals surface area contributed by atoms with Gasteiger partial charge in [-0.05, 0) is 23.8 Å². The van der Waals surface area contributed by atoms with E-state index in [9.17, 15) is 9.59 Å². The van der Waals surface area contributed by atoms with Crippen LogP contribution in [-0.2, 0) is 9.59 Å². The van der Waals surface area contributed by atoms with E-state index in [0.717, 1.165) is 6.08 Å². The minimum Gasteiger partial charge on any atom is -0.480 e. The minimum atomic E-state index is -1.40. The Hall–Kier alpha value is -2.23. The maximum absolute atomic E-state index is 10.7. The molecule has 8 heteroatoms. The maximum atomic E-state index is 10.7. The zero-order valence-electron chi connectivity index (χ0n) is 9.76. The van der Waals surface area contributed by atoms with Crippen LogP contribution in [0.1, 0.15) is 5.56 Å². The Labute approximate surface area is 123 Å². The van der Waals surface area contributed by atoms with Gasteiger partial charge in [-0.15, -0.1) is 0 Å². The quantitative estimate of drug-likeness (QED) is 0.638. The molecule has 0 radical (unpaired) electrons. The third-order valence-corrected chi connectivity index (χ3v) is 2.96. The summed E-state index contributed by atoms with van der Waals surface area (Å²) in [5, 5.41) is 25.8. The summed E-state index contributed by atoms with van der Waals surface area (Å²) in [5.74, 6) is -2.53. The minimum absolute atomic E-state index is 0.0384. The molecular formula is C12H7Cl2NO5. The molecule has 0 amide bonds. The Bertz CT molecular complexity index is 633. The summed E-state index contributed by atoms with van der Waals surface area (Å²) in [6, 6.07) is 4.20. The first-order valence-electron chi connectivity index (χ1n) is 5.04. The van der Waals surface area contributed by atoms with Crippen molar-refractivity contribution in [3.05, 3.63) is 33.3 Å². The summed E-state index contributed by atoms with van der Waals surface area (Å²) in [7, 11) is 0. The van der Waals surface area contributed by atoms with Gasteiger partial charge >= 0.3 is 11.9 Å². The van der Waals surface area contributed by atoms with Crippen LogP contribution >= 0.6 is 23.2 Å². The second-order valence-electron chi connectivity index (χ2n) is 3.44. The average molecular weight is 316 g/mol. The van der Waals surface area contributed by atoms with Crippen LogP contribution in [0.15, 0.2) is 17.7 Å². The molecule has 0 aromatic heterocycles. The van der Waals surface area contributed by atoms with Crippen molar-refractivity contribution in [3.8, 4) is 11.8 Å². The van der Waals surface area contributed by atoms with Gasteiger partial charge in [-0.3, -0.25) is 0 Å². The zero-order chi connectivity index (χ0) is 15.3. The van der Waals surface area contributed by atoms with E-state index < -0.39 is 24.1 Å². The first-order chi connectivity index (χ1) is 9.36. The molecule has 0 spiro atoms. The van der Waals surface area contributed by atoms with Crippen molar-refractivity contribution < 1.29 is 24.5 Å². The Balaban J connectivity index is 3.15. The molecule has 0 aliphatic rings. The van der Waals surface area contributed by atoms with Gasteiger partial charge in [-0.25, -0.2) is 9.59 Å². The fraction of sp³-hybridized carbons (Fsp3) is 0.0833. The van der Waals surface area contributed by atoms with Crippen LogP contribution in [-0.4, -0.2) is 28.8 Å². The maximum Gasteiger partial charge on any atom is 0.346 e. The molecule has 1 aromatic rings. The first kappa shape index (κ1) is 15.8. The molecule has 0 saturated carbocycles. The van der Waals surface area contributed by atoms with Crippen molar-refractivity contribution >= 4 is 41.2 Å². The van der Waals surface area contributed by atoms with E-state index in [4.69, 9.17) is 43.4 Å². The lowest BCUT2D eigenvalue weighted by molar-refractivity contribution is -0.139. The second kappa shape index (κ2) is 6.80. The van der Waals surface area contributed by atoms with Crippen LogP contribution in [0.25, 0.3) is 6.08 Å². The topological polar surface area (TPSA) is 108 Å². The number of nitrogens with zero attached hydrogens (tertiary/aromatic N) is 1. The van der Waals surface area contributed by atoms with E-state index in [-0.39, 0.29) is 21.4 Å². The molecule has 0 aliphatic carbocycles. The molecule has 1 rings (SSSR count). The third kappa shape index (κ3) is 3.88. The number of nitriles is 1. The van der Waals surface area contributed by atoms with Crippen LogP contribution in [0.3, 0.4) is 0 Å². The van der Waals surface area contributed by atoms with Crippen molar-refractivity contribution in [2.45, 2.75) is 0 Å². The Morgan fingerprint density at radius 2 is 1.95 bits per heavy atom. The molecule has 0 saturated heterocycles. The molecule has 104 valence electrons. The van der Waals surface area contributed by atoms with Gasteiger partial charge in [0.15, 0.2) is 6.61 Å². The van der Waals surface area contributed by atoms with Gasteiger partial charge in [0.25, 0.3) is 0 Å². The lowest BCUT2D eigenvalue weighted by Gasteiger charge is -2.08. The zero-order valence-corrected chi connectivity index (χ0v) is 11.3. The van der Waals surface area contributed by atoms with Crippen molar-refractivity contribution in [3.63, 3.8) is 0 Å². The highest BCUT2D eigenvalue weighted by molar-refractivity contribution is 6.43. The molecule has 0 bridgehead atoms. The van der Waals surface area contributed by atoms with Gasteiger partial charge in [-0.2, -0.15) is 5.26 Å². The average Bonchev–Trinajstić information content (AvgIpc) is 2.38. The van der Waals surface area contributed by atoms with Crippen molar-refractivity contribution in [1.29, 1.82) is 5.26 Å². The highest BCUT2D eigenvalue weighted by atomic mass is 35.5. The highest BCUT2D eigenvalue weighted by Crippen LogP contribution is 2.35. The molecule has 0 atom stereocenters. The molecule has 2 N–H and O–H groups in total. The Kier molecular flexibility index (Phi) is 5.38. The predicted octanol–water partition coefficient (Wildman–Crippen LogP) is 2.45. The first-order valence-corrected chi connectivity index (χ1v) is 5.80. The number of carboxylic acid groups (broad SMARTS) is 2. The Morgan fingerprint density at radius 1 is 1.30 bits per heavy atom. The van der Waals surface area contributed by atoms with E-state index in [0.29, 0.717) is 0 Å². The standard InChI is InChI=1S/C12H7Cl2NO5/c13-10-6(3-7(4-15)12(18)19)1-2-8(11(10)14)20-5-9(16)17/h1-3H,5H2,(H,16,17)(H,18,19)/b7-3+. The van der Waals surface area contributed by atoms with Crippen LogP contribution in [0.5, 0.6) is 5.75 Å². The van der Waals surface area contributed by atoms with E-state index in [1.54, 1.807) is 0 Å². The van der Waals surface area contributed by atoms with Crippen molar-refractivity contribution in [2.24, 2.45) is 0 Å². The number of hydrogen-bond donors (Lipinski definition) is 2. The van der Waals surface area contributed by atoms with Gasteiger partial charge in [0.05, 0.1) is 5.02 Å². The smallest absolute Gasteiger partial charge is 0.346 e. The van der Waals surface area contributed by atoms with Crippen LogP contribution in [0, 0.1) is 11.3 Å². The molecule has 6 nitrogen and oxygen atoms in total. The monoisotopic (exact) mass is 315 g/mol. The molecule has 0 heterocycles. The lowest BCUT2D eigenvalue weighted by atomic mass is 10.1. The van der Waals surface area contributed by atoms with E-state index >= 15 is 0 Å². The summed E-state index contributed by atoms with van der Waals surface area (Å²) in [4.78, 5) is 21.1. The second-order valence-corrected chi connectivity index (χ2v) is 4.19. The SMILES string of the molecule is N#C/C(=C\c1ccc(OCC(=O)O)c(Cl)c1Cl)C(=O)O. The summed E-state index contributed by atoms with van der Waals surface area (Å²) >= 11 is 11.8. The normalized spacial score (nSPS) is 10.8. The third-order valence-electron chi connectivity index (χ3n) is 2.08. The highest BCUT2D eigenvalue weighted by Gasteiger charge is 2.13. The van der Waals surface area contributed by atoms with Crippen LogP contribution in [0.4, 0.5) is 0 Å². The number of rotatable bonds is 5. The van der Waals surface area contributed by atoms with E-state index in [2.05, 4.69) is 0 Å². The van der Waals surface area contributed by atoms with E-state index in [1.807, 2.05) is 0 Å². The number of carboxylic acids is 2. The summed E-state index contributed by atoms with van der Waals surface area (Å²) in [5.41, 5.74) is -0.305. The van der Waals surface area contributed by atoms with Gasteiger partial charge < -0.3 is 14.9 Å². The number of ether oxygens (including phenoxy) is 1. The summed E-state index contributed by atoms with van der Waals surface area (Å²) < 4.78 is 4.89. The molecule has 0 fully saturated rings. The van der Waals surface area contributed by atoms with Crippen molar-refractivity contribution in [2.75, 3.05) is 6.61 Å².